The van der Waals surface area contributed by atoms with Crippen LogP contribution in [0, 0.1) is 19.8 Å². The monoisotopic (exact) mass is 243 g/mol. The van der Waals surface area contributed by atoms with Crippen LogP contribution in [0.4, 0.5) is 0 Å². The Labute approximate surface area is 109 Å². The van der Waals surface area contributed by atoms with Crippen molar-refractivity contribution in [1.29, 1.82) is 0 Å². The number of hydrogen-bond acceptors (Lipinski definition) is 2. The van der Waals surface area contributed by atoms with E-state index in [0.29, 0.717) is 18.4 Å². The fraction of sp³-hybridized carbons (Fsp3) is 0.562. The van der Waals surface area contributed by atoms with E-state index >= 15 is 0 Å². The molecule has 1 aliphatic carbocycles. The van der Waals surface area contributed by atoms with Crippen LogP contribution in [0.25, 0.3) is 0 Å². The molecule has 18 heavy (non-hydrogen) atoms. The van der Waals surface area contributed by atoms with Gasteiger partial charge in [-0.3, -0.25) is 9.69 Å². The maximum absolute atomic E-state index is 12.4. The van der Waals surface area contributed by atoms with Crippen molar-refractivity contribution in [3.05, 3.63) is 34.9 Å². The van der Waals surface area contributed by atoms with Gasteiger partial charge in [0, 0.05) is 18.2 Å². The van der Waals surface area contributed by atoms with Crippen LogP contribution in [0.1, 0.15) is 40.7 Å². The van der Waals surface area contributed by atoms with Gasteiger partial charge in [-0.25, -0.2) is 0 Å². The van der Waals surface area contributed by atoms with Crippen molar-refractivity contribution in [2.24, 2.45) is 5.92 Å². The zero-order valence-electron chi connectivity index (χ0n) is 11.3. The molecule has 2 bridgehead atoms. The molecule has 0 radical (unpaired) electrons. The van der Waals surface area contributed by atoms with Gasteiger partial charge in [0.15, 0.2) is 5.78 Å². The summed E-state index contributed by atoms with van der Waals surface area (Å²) in [5.41, 5.74) is 3.19. The molecule has 0 aromatic heterocycles. The van der Waals surface area contributed by atoms with Crippen molar-refractivity contribution in [1.82, 2.24) is 4.90 Å². The molecule has 2 unspecified atom stereocenters. The average molecular weight is 243 g/mol. The van der Waals surface area contributed by atoms with Gasteiger partial charge < -0.3 is 0 Å². The van der Waals surface area contributed by atoms with E-state index in [2.05, 4.69) is 17.0 Å². The van der Waals surface area contributed by atoms with Gasteiger partial charge in [-0.2, -0.15) is 0 Å². The average Bonchev–Trinajstić information content (AvgIpc) is 2.94. The van der Waals surface area contributed by atoms with Crippen LogP contribution in [0.3, 0.4) is 0 Å². The molecule has 1 saturated carbocycles. The van der Waals surface area contributed by atoms with E-state index < -0.39 is 0 Å². The highest BCUT2D eigenvalue weighted by atomic mass is 16.1. The predicted octanol–water partition coefficient (Wildman–Crippen LogP) is 2.97. The first-order valence-corrected chi connectivity index (χ1v) is 6.98. The minimum Gasteiger partial charge on any atom is -0.293 e. The van der Waals surface area contributed by atoms with E-state index in [9.17, 15) is 4.79 Å². The molecule has 2 fully saturated rings. The van der Waals surface area contributed by atoms with Crippen LogP contribution in [0.2, 0.25) is 0 Å². The fourth-order valence-corrected chi connectivity index (χ4v) is 3.53. The molecule has 2 heteroatoms. The number of carbonyl (C=O) groups excluding carboxylic acids is 1. The summed E-state index contributed by atoms with van der Waals surface area (Å²) in [6, 6.07) is 6.85. The predicted molar refractivity (Wildman–Crippen MR) is 72.9 cm³/mol. The van der Waals surface area contributed by atoms with Crippen LogP contribution in [0.15, 0.2) is 18.2 Å². The number of aryl methyl sites for hydroxylation is 2. The molecule has 1 aliphatic heterocycles. The SMILES string of the molecule is Cc1ccc(C)c(C(=O)CN2CC3CCC2C3)c1. The molecule has 0 N–H and O–H groups in total. The van der Waals surface area contributed by atoms with E-state index in [1.807, 2.05) is 19.9 Å². The second-order valence-corrected chi connectivity index (χ2v) is 6.00. The summed E-state index contributed by atoms with van der Waals surface area (Å²) in [5.74, 6) is 1.16. The number of fused-ring (bicyclic) bond motifs is 2. The van der Waals surface area contributed by atoms with Gasteiger partial charge in [0.1, 0.15) is 0 Å². The van der Waals surface area contributed by atoms with Crippen molar-refractivity contribution in [3.63, 3.8) is 0 Å². The summed E-state index contributed by atoms with van der Waals surface area (Å²) in [4.78, 5) is 14.8. The second kappa shape index (κ2) is 4.51. The van der Waals surface area contributed by atoms with Crippen LogP contribution < -0.4 is 0 Å². The number of carbonyl (C=O) groups is 1. The molecule has 2 aliphatic rings. The number of hydrogen-bond donors (Lipinski definition) is 0. The number of piperidine rings is 1. The highest BCUT2D eigenvalue weighted by Gasteiger charge is 2.38. The summed E-state index contributed by atoms with van der Waals surface area (Å²) in [7, 11) is 0. The first-order chi connectivity index (χ1) is 8.63. The standard InChI is InChI=1S/C16H21NO/c1-11-3-4-12(2)15(7-11)16(18)10-17-9-13-5-6-14(17)8-13/h3-4,7,13-14H,5-6,8-10H2,1-2H3. The molecule has 1 aromatic rings. The third-order valence-electron chi connectivity index (χ3n) is 4.56. The Kier molecular flexibility index (Phi) is 2.98. The van der Waals surface area contributed by atoms with Crippen LogP contribution in [0.5, 0.6) is 0 Å². The molecule has 1 heterocycles. The summed E-state index contributed by atoms with van der Waals surface area (Å²) >= 11 is 0. The highest BCUT2D eigenvalue weighted by Crippen LogP contribution is 2.37. The molecule has 1 aromatic carbocycles. The van der Waals surface area contributed by atoms with Crippen molar-refractivity contribution in [2.45, 2.75) is 39.2 Å². The number of rotatable bonds is 3. The van der Waals surface area contributed by atoms with Crippen LogP contribution in [-0.2, 0) is 0 Å². The summed E-state index contributed by atoms with van der Waals surface area (Å²) in [6.07, 6.45) is 3.99. The van der Waals surface area contributed by atoms with E-state index in [1.54, 1.807) is 0 Å². The number of nitrogens with zero attached hydrogens (tertiary/aromatic N) is 1. The molecular formula is C16H21NO. The maximum atomic E-state index is 12.4. The minimum absolute atomic E-state index is 0.295. The molecule has 96 valence electrons. The van der Waals surface area contributed by atoms with Gasteiger partial charge in [-0.1, -0.05) is 17.7 Å². The van der Waals surface area contributed by atoms with Crippen molar-refractivity contribution < 1.29 is 4.79 Å². The summed E-state index contributed by atoms with van der Waals surface area (Å²) in [5, 5.41) is 0. The Morgan fingerprint density at radius 1 is 1.33 bits per heavy atom. The zero-order valence-corrected chi connectivity index (χ0v) is 11.3. The van der Waals surface area contributed by atoms with E-state index in [0.717, 1.165) is 23.6 Å². The molecule has 3 rings (SSSR count). The highest BCUT2D eigenvalue weighted by molar-refractivity contribution is 5.99. The number of Topliss-reactive ketones (excluding diaryl/α,β-unsaturated/α-hetero) is 1. The zero-order chi connectivity index (χ0) is 12.7. The molecule has 2 nitrogen and oxygen atoms in total. The fourth-order valence-electron chi connectivity index (χ4n) is 3.53. The second-order valence-electron chi connectivity index (χ2n) is 6.00. The lowest BCUT2D eigenvalue weighted by atomic mass is 10.0. The Balaban J connectivity index is 1.73. The normalized spacial score (nSPS) is 26.8. The topological polar surface area (TPSA) is 20.3 Å². The molecule has 0 amide bonds. The van der Waals surface area contributed by atoms with Crippen molar-refractivity contribution >= 4 is 5.78 Å². The van der Waals surface area contributed by atoms with E-state index in [1.165, 1.54) is 24.8 Å². The third-order valence-corrected chi connectivity index (χ3v) is 4.56. The first-order valence-electron chi connectivity index (χ1n) is 6.98. The van der Waals surface area contributed by atoms with Crippen molar-refractivity contribution in [2.75, 3.05) is 13.1 Å². The lowest BCUT2D eigenvalue weighted by Crippen LogP contribution is -2.36. The number of benzene rings is 1. The molecule has 2 atom stereocenters. The molecular weight excluding hydrogens is 222 g/mol. The minimum atomic E-state index is 0.295. The molecule has 0 spiro atoms. The Hall–Kier alpha value is -1.15. The van der Waals surface area contributed by atoms with Gasteiger partial charge in [-0.15, -0.1) is 0 Å². The third kappa shape index (κ3) is 2.10. The van der Waals surface area contributed by atoms with Crippen LogP contribution in [-0.4, -0.2) is 29.8 Å². The maximum Gasteiger partial charge on any atom is 0.177 e. The van der Waals surface area contributed by atoms with E-state index in [4.69, 9.17) is 0 Å². The lowest BCUT2D eigenvalue weighted by molar-refractivity contribution is 0.0904. The van der Waals surface area contributed by atoms with Crippen molar-refractivity contribution in [3.8, 4) is 0 Å². The quantitative estimate of drug-likeness (QED) is 0.761. The van der Waals surface area contributed by atoms with E-state index in [-0.39, 0.29) is 0 Å². The molecule has 1 saturated heterocycles. The van der Waals surface area contributed by atoms with Gasteiger partial charge >= 0.3 is 0 Å². The largest absolute Gasteiger partial charge is 0.293 e. The Morgan fingerprint density at radius 3 is 2.83 bits per heavy atom. The van der Waals surface area contributed by atoms with Gasteiger partial charge in [-0.05, 0) is 50.7 Å². The van der Waals surface area contributed by atoms with Crippen LogP contribution >= 0.6 is 0 Å². The Bertz CT molecular complexity index is 480. The number of likely N-dealkylation sites (tertiary alicyclic amines) is 1. The van der Waals surface area contributed by atoms with Gasteiger partial charge in [0.05, 0.1) is 6.54 Å². The smallest absolute Gasteiger partial charge is 0.177 e. The van der Waals surface area contributed by atoms with Gasteiger partial charge in [0.2, 0.25) is 0 Å². The Morgan fingerprint density at radius 2 is 2.17 bits per heavy atom. The number of ketones is 1. The summed E-state index contributed by atoms with van der Waals surface area (Å²) < 4.78 is 0. The first kappa shape index (κ1) is 11.9. The lowest BCUT2D eigenvalue weighted by Gasteiger charge is -2.26. The summed E-state index contributed by atoms with van der Waals surface area (Å²) in [6.45, 7) is 5.84. The van der Waals surface area contributed by atoms with Gasteiger partial charge in [0.25, 0.3) is 0 Å².